The van der Waals surface area contributed by atoms with Crippen LogP contribution in [0.5, 0.6) is 5.88 Å². The molecule has 2 aromatic carbocycles. The number of para-hydroxylation sites is 1. The van der Waals surface area contributed by atoms with Crippen molar-refractivity contribution >= 4 is 13.3 Å². The second kappa shape index (κ2) is 6.66. The first-order valence-electron chi connectivity index (χ1n) is 7.27. The maximum atomic E-state index is 12.9. The van der Waals surface area contributed by atoms with Gasteiger partial charge < -0.3 is 4.65 Å². The fraction of sp³-hybridized carbons (Fsp3) is 0.0588. The Labute approximate surface area is 137 Å². The van der Waals surface area contributed by atoms with E-state index in [2.05, 4.69) is 9.75 Å². The van der Waals surface area contributed by atoms with Crippen LogP contribution in [0.3, 0.4) is 0 Å². The number of hydrogen-bond acceptors (Lipinski definition) is 3. The summed E-state index contributed by atoms with van der Waals surface area (Å²) in [7, 11) is -3.06. The van der Waals surface area contributed by atoms with Crippen LogP contribution in [-0.2, 0) is 0 Å². The minimum atomic E-state index is -3.06. The van der Waals surface area contributed by atoms with Gasteiger partial charge in [-0.25, -0.2) is 13.3 Å². The number of ketones is 1. The number of carbonyl (C=O) groups excluding carboxylic acids is 1. The average Bonchev–Trinajstić information content (AvgIpc) is 2.91. The molecule has 0 fully saturated rings. The van der Waals surface area contributed by atoms with Crippen molar-refractivity contribution in [3.8, 4) is 11.6 Å². The molecule has 1 heterocycles. The highest BCUT2D eigenvalue weighted by Gasteiger charge is 2.29. The second-order valence-electron chi connectivity index (χ2n) is 5.09. The topological polar surface area (TPSA) is 44.1 Å². The molecule has 1 aromatic heterocycles. The third kappa shape index (κ3) is 3.06. The van der Waals surface area contributed by atoms with Crippen LogP contribution < -0.4 is 4.65 Å². The highest BCUT2D eigenvalue weighted by Crippen LogP contribution is 2.29. The van der Waals surface area contributed by atoms with E-state index in [1.807, 2.05) is 0 Å². The quantitative estimate of drug-likeness (QED) is 0.530. The lowest BCUT2D eigenvalue weighted by molar-refractivity contribution is 0.103. The van der Waals surface area contributed by atoms with Crippen LogP contribution in [0.2, 0.25) is 0 Å². The summed E-state index contributed by atoms with van der Waals surface area (Å²) in [4.78, 5) is 12.7. The molecule has 0 radical (unpaired) electrons. The van der Waals surface area contributed by atoms with E-state index in [4.69, 9.17) is 0 Å². The third-order valence-electron chi connectivity index (χ3n) is 3.48. The Bertz CT molecular complexity index is 852. The molecule has 7 heteroatoms. The molecule has 0 bridgehead atoms. The summed E-state index contributed by atoms with van der Waals surface area (Å²) in [6, 6.07) is 17.1. The largest absolute Gasteiger partial charge is 0.797 e. The van der Waals surface area contributed by atoms with Gasteiger partial charge in [0.25, 0.3) is 0 Å². The number of carbonyl (C=O) groups is 1. The van der Waals surface area contributed by atoms with E-state index in [0.717, 1.165) is 0 Å². The minimum absolute atomic E-state index is 0.0327. The monoisotopic (exact) mass is 326 g/mol. The number of rotatable bonds is 5. The molecule has 120 valence electrons. The molecule has 0 unspecified atom stereocenters. The van der Waals surface area contributed by atoms with E-state index in [9.17, 15) is 13.4 Å². The number of benzene rings is 2. The lowest BCUT2D eigenvalue weighted by Crippen LogP contribution is -2.15. The maximum absolute atomic E-state index is 12.9. The zero-order chi connectivity index (χ0) is 17.1. The minimum Gasteiger partial charge on any atom is -0.490 e. The molecule has 0 aliphatic heterocycles. The number of aryl methyl sites for hydroxylation is 1. The highest BCUT2D eigenvalue weighted by atomic mass is 19.2. The van der Waals surface area contributed by atoms with Crippen molar-refractivity contribution in [1.29, 1.82) is 0 Å². The summed E-state index contributed by atoms with van der Waals surface area (Å²) in [5, 5.41) is 4.22. The van der Waals surface area contributed by atoms with Crippen molar-refractivity contribution in [2.75, 3.05) is 0 Å². The highest BCUT2D eigenvalue weighted by molar-refractivity contribution is 6.35. The van der Waals surface area contributed by atoms with Crippen LogP contribution in [-0.4, -0.2) is 23.0 Å². The summed E-state index contributed by atoms with van der Waals surface area (Å²) in [6.07, 6.45) is 0. The Morgan fingerprint density at radius 2 is 1.62 bits per heavy atom. The van der Waals surface area contributed by atoms with Crippen molar-refractivity contribution in [2.45, 2.75) is 6.92 Å². The number of halogens is 2. The van der Waals surface area contributed by atoms with Gasteiger partial charge in [-0.05, 0) is 19.1 Å². The zero-order valence-corrected chi connectivity index (χ0v) is 12.8. The number of aromatic nitrogens is 2. The summed E-state index contributed by atoms with van der Waals surface area (Å²) >= 11 is 0. The van der Waals surface area contributed by atoms with Crippen molar-refractivity contribution < 1.29 is 18.1 Å². The summed E-state index contributed by atoms with van der Waals surface area (Å²) < 4.78 is 31.7. The molecular weight excluding hydrogens is 313 g/mol. The molecule has 0 saturated carbocycles. The Balaban J connectivity index is 2.15. The van der Waals surface area contributed by atoms with Crippen LogP contribution >= 0.6 is 0 Å². The molecule has 0 N–H and O–H groups in total. The Morgan fingerprint density at radius 1 is 1.04 bits per heavy atom. The van der Waals surface area contributed by atoms with E-state index in [1.54, 1.807) is 67.6 Å². The molecule has 3 aromatic rings. The average molecular weight is 326 g/mol. The second-order valence-corrected chi connectivity index (χ2v) is 5.09. The van der Waals surface area contributed by atoms with E-state index < -0.39 is 13.3 Å². The summed E-state index contributed by atoms with van der Waals surface area (Å²) in [5.41, 5.74) is 1.27. The molecule has 0 atom stereocenters. The Kier molecular flexibility index (Phi) is 4.42. The first-order chi connectivity index (χ1) is 11.6. The van der Waals surface area contributed by atoms with Crippen molar-refractivity contribution in [2.24, 2.45) is 0 Å². The third-order valence-corrected chi connectivity index (χ3v) is 3.48. The van der Waals surface area contributed by atoms with Gasteiger partial charge >= 0.3 is 7.47 Å². The van der Waals surface area contributed by atoms with Gasteiger partial charge in [0.05, 0.1) is 11.4 Å². The van der Waals surface area contributed by atoms with Crippen molar-refractivity contribution in [1.82, 2.24) is 9.78 Å². The SMILES string of the molecule is Cc1nn(-c2ccccc2)c(OB(F)F)c1C(=O)c1ccccc1. The van der Waals surface area contributed by atoms with Gasteiger partial charge in [0.2, 0.25) is 5.88 Å². The van der Waals surface area contributed by atoms with Crippen LogP contribution in [0.1, 0.15) is 21.6 Å². The molecule has 0 spiro atoms. The van der Waals surface area contributed by atoms with Crippen molar-refractivity contribution in [3.05, 3.63) is 77.5 Å². The molecular formula is C17H13BF2N2O2. The standard InChI is InChI=1S/C17H13BF2N2O2/c1-12-15(16(23)13-8-4-2-5-9-13)17(24-18(19)20)22(21-12)14-10-6-3-7-11-14/h2-11H,1H3. The summed E-state index contributed by atoms with van der Waals surface area (Å²) in [5.74, 6) is -0.673. The molecule has 0 aliphatic rings. The molecule has 3 rings (SSSR count). The van der Waals surface area contributed by atoms with Crippen LogP contribution in [0.15, 0.2) is 60.7 Å². The summed E-state index contributed by atoms with van der Waals surface area (Å²) in [6.45, 7) is 1.59. The first-order valence-corrected chi connectivity index (χ1v) is 7.27. The van der Waals surface area contributed by atoms with Crippen LogP contribution in [0.4, 0.5) is 8.63 Å². The van der Waals surface area contributed by atoms with E-state index in [-0.39, 0.29) is 11.4 Å². The fourth-order valence-electron chi connectivity index (χ4n) is 2.44. The predicted octanol–water partition coefficient (Wildman–Crippen LogP) is 3.71. The fourth-order valence-corrected chi connectivity index (χ4v) is 2.44. The van der Waals surface area contributed by atoms with Gasteiger partial charge in [-0.1, -0.05) is 48.5 Å². The smallest absolute Gasteiger partial charge is 0.490 e. The van der Waals surface area contributed by atoms with E-state index in [1.165, 1.54) is 4.68 Å². The van der Waals surface area contributed by atoms with Crippen LogP contribution in [0.25, 0.3) is 5.69 Å². The molecule has 0 saturated heterocycles. The van der Waals surface area contributed by atoms with Gasteiger partial charge in [0.15, 0.2) is 5.78 Å². The zero-order valence-electron chi connectivity index (χ0n) is 12.8. The van der Waals surface area contributed by atoms with E-state index >= 15 is 0 Å². The Hall–Kier alpha value is -2.96. The molecule has 0 aliphatic carbocycles. The van der Waals surface area contributed by atoms with E-state index in [0.29, 0.717) is 16.9 Å². The Morgan fingerprint density at radius 3 is 2.21 bits per heavy atom. The van der Waals surface area contributed by atoms with Gasteiger partial charge in [-0.2, -0.15) is 5.10 Å². The van der Waals surface area contributed by atoms with Gasteiger partial charge in [0, 0.05) is 5.56 Å². The first kappa shape index (κ1) is 15.9. The normalized spacial score (nSPS) is 10.5. The maximum Gasteiger partial charge on any atom is 0.797 e. The molecule has 4 nitrogen and oxygen atoms in total. The van der Waals surface area contributed by atoms with Gasteiger partial charge in [-0.3, -0.25) is 4.79 Å². The number of hydrogen-bond donors (Lipinski definition) is 0. The lowest BCUT2D eigenvalue weighted by Gasteiger charge is -2.09. The van der Waals surface area contributed by atoms with Crippen LogP contribution in [0, 0.1) is 6.92 Å². The van der Waals surface area contributed by atoms with Gasteiger partial charge in [-0.15, -0.1) is 0 Å². The molecule has 0 amide bonds. The predicted molar refractivity (Wildman–Crippen MR) is 86.8 cm³/mol. The lowest BCUT2D eigenvalue weighted by atomic mass is 10.0. The number of nitrogens with zero attached hydrogens (tertiary/aromatic N) is 2. The van der Waals surface area contributed by atoms with Crippen molar-refractivity contribution in [3.63, 3.8) is 0 Å². The molecule has 24 heavy (non-hydrogen) atoms. The van der Waals surface area contributed by atoms with Gasteiger partial charge in [0.1, 0.15) is 5.56 Å².